The molecule has 2 N–H and O–H groups in total. The van der Waals surface area contributed by atoms with Gasteiger partial charge in [0.1, 0.15) is 24.5 Å². The number of urea groups is 1. The molecule has 1 aliphatic heterocycles. The number of ether oxygens (including phenoxy) is 1. The van der Waals surface area contributed by atoms with Gasteiger partial charge in [0.15, 0.2) is 0 Å². The van der Waals surface area contributed by atoms with Crippen LogP contribution in [0.2, 0.25) is 0 Å². The van der Waals surface area contributed by atoms with Crippen molar-refractivity contribution in [1.29, 1.82) is 0 Å². The fourth-order valence-corrected chi connectivity index (χ4v) is 2.69. The monoisotopic (exact) mass is 334 g/mol. The largest absolute Gasteiger partial charge is 0.491 e. The number of aryl methyl sites for hydroxylation is 2. The second kappa shape index (κ2) is 7.66. The molecule has 0 saturated carbocycles. The molecule has 24 heavy (non-hydrogen) atoms. The Bertz CT molecular complexity index is 615. The molecule has 1 heterocycles. The first kappa shape index (κ1) is 18.3. The van der Waals surface area contributed by atoms with Crippen molar-refractivity contribution in [2.45, 2.75) is 46.3 Å². The maximum Gasteiger partial charge on any atom is 0.324 e. The van der Waals surface area contributed by atoms with E-state index in [4.69, 9.17) is 4.74 Å². The van der Waals surface area contributed by atoms with E-state index in [-0.39, 0.29) is 19.1 Å². The van der Waals surface area contributed by atoms with Crippen LogP contribution in [0, 0.1) is 19.8 Å². The van der Waals surface area contributed by atoms with E-state index in [1.165, 1.54) is 0 Å². The van der Waals surface area contributed by atoms with Gasteiger partial charge in [-0.2, -0.15) is 0 Å². The van der Waals surface area contributed by atoms with Gasteiger partial charge in [-0.25, -0.2) is 4.79 Å². The first-order valence-corrected chi connectivity index (χ1v) is 8.28. The Balaban J connectivity index is 1.90. The van der Waals surface area contributed by atoms with Crippen LogP contribution < -0.4 is 10.1 Å². The highest BCUT2D eigenvalue weighted by Gasteiger charge is 2.38. The maximum absolute atomic E-state index is 12.3. The van der Waals surface area contributed by atoms with Crippen molar-refractivity contribution in [2.75, 3.05) is 13.2 Å². The fourth-order valence-electron chi connectivity index (χ4n) is 2.69. The van der Waals surface area contributed by atoms with E-state index in [1.54, 1.807) is 0 Å². The zero-order valence-corrected chi connectivity index (χ0v) is 14.7. The van der Waals surface area contributed by atoms with Crippen LogP contribution in [-0.4, -0.2) is 47.2 Å². The Hall–Kier alpha value is -2.08. The van der Waals surface area contributed by atoms with Crippen molar-refractivity contribution in [3.05, 3.63) is 29.3 Å². The summed E-state index contributed by atoms with van der Waals surface area (Å²) in [5.74, 6) is 0.722. The van der Waals surface area contributed by atoms with Gasteiger partial charge in [-0.1, -0.05) is 26.0 Å². The molecule has 2 unspecified atom stereocenters. The molecule has 1 aliphatic rings. The fraction of sp³-hybridized carbons (Fsp3) is 0.556. The Morgan fingerprint density at radius 2 is 2.00 bits per heavy atom. The number of rotatable bonds is 7. The molecule has 0 radical (unpaired) electrons. The van der Waals surface area contributed by atoms with Crippen LogP contribution in [0.25, 0.3) is 0 Å². The molecule has 0 bridgehead atoms. The lowest BCUT2D eigenvalue weighted by atomic mass is 10.0. The second-order valence-electron chi connectivity index (χ2n) is 6.81. The third-order valence-electron chi connectivity index (χ3n) is 3.98. The highest BCUT2D eigenvalue weighted by atomic mass is 16.5. The predicted octanol–water partition coefficient (Wildman–Crippen LogP) is 2.01. The molecular formula is C18H26N2O4. The lowest BCUT2D eigenvalue weighted by Crippen LogP contribution is -2.40. The number of carbonyl (C=O) groups is 2. The zero-order valence-electron chi connectivity index (χ0n) is 14.7. The Kier molecular flexibility index (Phi) is 5.83. The van der Waals surface area contributed by atoms with Crippen LogP contribution in [0.4, 0.5) is 4.79 Å². The summed E-state index contributed by atoms with van der Waals surface area (Å²) in [6.07, 6.45) is -0.340. The first-order valence-electron chi connectivity index (χ1n) is 8.28. The number of carbonyl (C=O) groups excluding carboxylic acids is 2. The van der Waals surface area contributed by atoms with E-state index >= 15 is 0 Å². The molecule has 6 heteroatoms. The van der Waals surface area contributed by atoms with Gasteiger partial charge in [-0.3, -0.25) is 9.69 Å². The quantitative estimate of drug-likeness (QED) is 0.748. The van der Waals surface area contributed by atoms with Crippen molar-refractivity contribution in [1.82, 2.24) is 10.2 Å². The highest BCUT2D eigenvalue weighted by Crippen LogP contribution is 2.20. The lowest BCUT2D eigenvalue weighted by Gasteiger charge is -2.19. The smallest absolute Gasteiger partial charge is 0.324 e. The average Bonchev–Trinajstić information content (AvgIpc) is 2.75. The highest BCUT2D eigenvalue weighted by molar-refractivity contribution is 6.04. The normalized spacial score (nSPS) is 18.9. The van der Waals surface area contributed by atoms with Crippen LogP contribution in [0.15, 0.2) is 18.2 Å². The van der Waals surface area contributed by atoms with Gasteiger partial charge in [-0.05, 0) is 43.4 Å². The van der Waals surface area contributed by atoms with Crippen molar-refractivity contribution < 1.29 is 19.4 Å². The van der Waals surface area contributed by atoms with Gasteiger partial charge in [0.05, 0.1) is 6.54 Å². The number of hydrogen-bond donors (Lipinski definition) is 2. The molecule has 1 aromatic rings. The number of hydrogen-bond acceptors (Lipinski definition) is 4. The molecule has 3 amide bonds. The number of aliphatic hydroxyl groups excluding tert-OH is 1. The molecule has 6 nitrogen and oxygen atoms in total. The predicted molar refractivity (Wildman–Crippen MR) is 90.9 cm³/mol. The molecule has 0 spiro atoms. The molecule has 132 valence electrons. The summed E-state index contributed by atoms with van der Waals surface area (Å²) < 4.78 is 5.63. The number of amides is 3. The zero-order chi connectivity index (χ0) is 17.9. The summed E-state index contributed by atoms with van der Waals surface area (Å²) in [4.78, 5) is 25.3. The van der Waals surface area contributed by atoms with Crippen molar-refractivity contribution in [3.8, 4) is 5.75 Å². The Morgan fingerprint density at radius 1 is 1.29 bits per heavy atom. The summed E-state index contributed by atoms with van der Waals surface area (Å²) >= 11 is 0. The minimum absolute atomic E-state index is 0.0240. The van der Waals surface area contributed by atoms with Gasteiger partial charge in [0, 0.05) is 0 Å². The third kappa shape index (κ3) is 4.47. The van der Waals surface area contributed by atoms with Crippen LogP contribution in [0.1, 0.15) is 31.4 Å². The molecule has 2 atom stereocenters. The van der Waals surface area contributed by atoms with Crippen LogP contribution >= 0.6 is 0 Å². The number of nitrogens with one attached hydrogen (secondary N) is 1. The molecule has 1 fully saturated rings. The number of β-amino-alcohol motifs (C(OH)–C–C–N with tert-alkyl or cyclic N) is 1. The molecule has 1 saturated heterocycles. The SMILES string of the molecule is Cc1ccc(C)c(OCC(O)CN2C(=O)NC(CC(C)C)C2=O)c1. The summed E-state index contributed by atoms with van der Waals surface area (Å²) in [5, 5.41) is 12.8. The topological polar surface area (TPSA) is 78.9 Å². The van der Waals surface area contributed by atoms with E-state index in [1.807, 2.05) is 45.9 Å². The van der Waals surface area contributed by atoms with E-state index < -0.39 is 18.2 Å². The molecular weight excluding hydrogens is 308 g/mol. The minimum atomic E-state index is -0.933. The number of benzene rings is 1. The van der Waals surface area contributed by atoms with Crippen molar-refractivity contribution in [2.24, 2.45) is 5.92 Å². The average molecular weight is 334 g/mol. The van der Waals surface area contributed by atoms with Gasteiger partial charge in [0.25, 0.3) is 5.91 Å². The van der Waals surface area contributed by atoms with Gasteiger partial charge in [0.2, 0.25) is 0 Å². The van der Waals surface area contributed by atoms with Crippen LogP contribution in [-0.2, 0) is 4.79 Å². The Morgan fingerprint density at radius 3 is 2.67 bits per heavy atom. The summed E-state index contributed by atoms with van der Waals surface area (Å²) in [7, 11) is 0. The molecule has 0 aromatic heterocycles. The van der Waals surface area contributed by atoms with Crippen molar-refractivity contribution >= 4 is 11.9 Å². The standard InChI is InChI=1S/C18H26N2O4/c1-11(2)7-15-17(22)20(18(23)19-15)9-14(21)10-24-16-8-12(3)5-6-13(16)4/h5-6,8,11,14-15,21H,7,9-10H2,1-4H3,(H,19,23). The van der Waals surface area contributed by atoms with Gasteiger partial charge >= 0.3 is 6.03 Å². The Labute approximate surface area is 142 Å². The molecule has 0 aliphatic carbocycles. The summed E-state index contributed by atoms with van der Waals surface area (Å²) in [5.41, 5.74) is 2.04. The maximum atomic E-state index is 12.3. The van der Waals surface area contributed by atoms with E-state index in [0.29, 0.717) is 18.1 Å². The number of imide groups is 1. The number of nitrogens with zero attached hydrogens (tertiary/aromatic N) is 1. The first-order chi connectivity index (χ1) is 11.3. The molecule has 2 rings (SSSR count). The van der Waals surface area contributed by atoms with E-state index in [9.17, 15) is 14.7 Å². The third-order valence-corrected chi connectivity index (χ3v) is 3.98. The van der Waals surface area contributed by atoms with Gasteiger partial charge in [-0.15, -0.1) is 0 Å². The van der Waals surface area contributed by atoms with Crippen LogP contribution in [0.3, 0.4) is 0 Å². The minimum Gasteiger partial charge on any atom is -0.491 e. The van der Waals surface area contributed by atoms with Crippen molar-refractivity contribution in [3.63, 3.8) is 0 Å². The van der Waals surface area contributed by atoms with Crippen LogP contribution in [0.5, 0.6) is 5.75 Å². The van der Waals surface area contributed by atoms with E-state index in [2.05, 4.69) is 5.32 Å². The second-order valence-corrected chi connectivity index (χ2v) is 6.81. The summed E-state index contributed by atoms with van der Waals surface area (Å²) in [6, 6.07) is 4.89. The van der Waals surface area contributed by atoms with Gasteiger partial charge < -0.3 is 15.2 Å². The number of aliphatic hydroxyl groups is 1. The lowest BCUT2D eigenvalue weighted by molar-refractivity contribution is -0.128. The summed E-state index contributed by atoms with van der Waals surface area (Å²) in [6.45, 7) is 7.84. The van der Waals surface area contributed by atoms with E-state index in [0.717, 1.165) is 16.0 Å². The molecule has 1 aromatic carbocycles.